The number of piperidine rings is 1. The lowest BCUT2D eigenvalue weighted by Gasteiger charge is -2.34. The Hall–Kier alpha value is -2.02. The highest BCUT2D eigenvalue weighted by Crippen LogP contribution is 2.38. The molecule has 7 heteroatoms. The average molecular weight is 314 g/mol. The van der Waals surface area contributed by atoms with E-state index in [-0.39, 0.29) is 6.04 Å². The van der Waals surface area contributed by atoms with Crippen LogP contribution in [0.15, 0.2) is 22.9 Å². The fourth-order valence-corrected chi connectivity index (χ4v) is 3.14. The van der Waals surface area contributed by atoms with Crippen molar-refractivity contribution in [3.05, 3.63) is 30.0 Å². The molecule has 0 bridgehead atoms. The molecule has 3 heterocycles. The fraction of sp³-hybridized carbons (Fsp3) is 0.625. The van der Waals surface area contributed by atoms with E-state index in [1.807, 2.05) is 12.1 Å². The Morgan fingerprint density at radius 2 is 2.26 bits per heavy atom. The minimum atomic E-state index is 0.0711. The summed E-state index contributed by atoms with van der Waals surface area (Å²) in [5.41, 5.74) is 0. The molecule has 0 aromatic carbocycles. The van der Waals surface area contributed by atoms with Gasteiger partial charge >= 0.3 is 0 Å². The molecule has 2 aromatic rings. The van der Waals surface area contributed by atoms with E-state index in [9.17, 15) is 0 Å². The van der Waals surface area contributed by atoms with Gasteiger partial charge in [-0.15, -0.1) is 5.10 Å². The van der Waals surface area contributed by atoms with Crippen LogP contribution < -0.4 is 10.2 Å². The molecule has 0 radical (unpaired) electrons. The van der Waals surface area contributed by atoms with Gasteiger partial charge in [0.25, 0.3) is 0 Å². The predicted octanol–water partition coefficient (Wildman–Crippen LogP) is 2.06. The fourth-order valence-electron chi connectivity index (χ4n) is 3.14. The van der Waals surface area contributed by atoms with Crippen LogP contribution in [0.2, 0.25) is 0 Å². The molecule has 0 spiro atoms. The van der Waals surface area contributed by atoms with Crippen LogP contribution in [0.5, 0.6) is 0 Å². The Bertz CT molecular complexity index is 641. The molecular weight excluding hydrogens is 292 g/mol. The first kappa shape index (κ1) is 14.6. The topological polar surface area (TPSA) is 80.0 Å². The van der Waals surface area contributed by atoms with Gasteiger partial charge in [-0.25, -0.2) is 0 Å². The van der Waals surface area contributed by atoms with Gasteiger partial charge in [-0.3, -0.25) is 0 Å². The Labute approximate surface area is 135 Å². The van der Waals surface area contributed by atoms with E-state index >= 15 is 0 Å². The molecule has 4 rings (SSSR count). The summed E-state index contributed by atoms with van der Waals surface area (Å²) in [6.45, 7) is 4.04. The second-order valence-electron chi connectivity index (χ2n) is 6.52. The molecule has 122 valence electrons. The molecule has 1 aliphatic carbocycles. The van der Waals surface area contributed by atoms with Crippen molar-refractivity contribution in [3.63, 3.8) is 0 Å². The summed E-state index contributed by atoms with van der Waals surface area (Å²) >= 11 is 0. The van der Waals surface area contributed by atoms with Crippen LogP contribution in [0.3, 0.4) is 0 Å². The average Bonchev–Trinajstić information content (AvgIpc) is 3.33. The molecule has 2 aromatic heterocycles. The Kier molecular flexibility index (Phi) is 3.95. The number of hydrogen-bond donors (Lipinski definition) is 1. The van der Waals surface area contributed by atoms with Gasteiger partial charge in [-0.05, 0) is 44.7 Å². The maximum atomic E-state index is 5.42. The van der Waals surface area contributed by atoms with Gasteiger partial charge in [-0.1, -0.05) is 5.16 Å². The van der Waals surface area contributed by atoms with E-state index in [0.29, 0.717) is 17.9 Å². The van der Waals surface area contributed by atoms with E-state index in [1.54, 1.807) is 6.20 Å². The summed E-state index contributed by atoms with van der Waals surface area (Å²) < 4.78 is 5.42. The minimum absolute atomic E-state index is 0.0711. The van der Waals surface area contributed by atoms with Crippen molar-refractivity contribution in [1.29, 1.82) is 0 Å². The largest absolute Gasteiger partial charge is 0.354 e. The summed E-state index contributed by atoms with van der Waals surface area (Å²) in [5.74, 6) is 3.05. The summed E-state index contributed by atoms with van der Waals surface area (Å²) in [6.07, 6.45) is 6.37. The first-order chi connectivity index (χ1) is 11.3. The van der Waals surface area contributed by atoms with Crippen molar-refractivity contribution in [3.8, 4) is 0 Å². The van der Waals surface area contributed by atoms with Gasteiger partial charge in [-0.2, -0.15) is 10.1 Å². The zero-order valence-electron chi connectivity index (χ0n) is 13.4. The van der Waals surface area contributed by atoms with Crippen LogP contribution in [0, 0.1) is 0 Å². The second-order valence-corrected chi connectivity index (χ2v) is 6.52. The van der Waals surface area contributed by atoms with E-state index < -0.39 is 0 Å². The molecule has 1 aliphatic heterocycles. The summed E-state index contributed by atoms with van der Waals surface area (Å²) in [6, 6.07) is 4.40. The van der Waals surface area contributed by atoms with Gasteiger partial charge in [0.1, 0.15) is 0 Å². The summed E-state index contributed by atoms with van der Waals surface area (Å²) in [7, 11) is 0. The van der Waals surface area contributed by atoms with Crippen LogP contribution >= 0.6 is 0 Å². The van der Waals surface area contributed by atoms with Crippen LogP contribution in [-0.4, -0.2) is 39.5 Å². The lowest BCUT2D eigenvalue weighted by atomic mass is 10.0. The van der Waals surface area contributed by atoms with E-state index in [2.05, 4.69) is 37.5 Å². The number of rotatable bonds is 5. The molecule has 1 saturated carbocycles. The van der Waals surface area contributed by atoms with Crippen molar-refractivity contribution in [2.75, 3.05) is 18.0 Å². The van der Waals surface area contributed by atoms with Crippen LogP contribution in [0.1, 0.15) is 56.3 Å². The highest BCUT2D eigenvalue weighted by Gasteiger charge is 2.30. The first-order valence-corrected chi connectivity index (χ1v) is 8.42. The lowest BCUT2D eigenvalue weighted by Crippen LogP contribution is -2.46. The third kappa shape index (κ3) is 3.34. The Morgan fingerprint density at radius 1 is 1.35 bits per heavy atom. The van der Waals surface area contributed by atoms with Gasteiger partial charge in [0, 0.05) is 31.2 Å². The van der Waals surface area contributed by atoms with Crippen molar-refractivity contribution >= 4 is 5.82 Å². The number of anilines is 1. The van der Waals surface area contributed by atoms with Crippen molar-refractivity contribution in [2.45, 2.75) is 50.6 Å². The van der Waals surface area contributed by atoms with Gasteiger partial charge in [0.2, 0.25) is 5.89 Å². The van der Waals surface area contributed by atoms with E-state index in [4.69, 9.17) is 4.52 Å². The zero-order chi connectivity index (χ0) is 15.6. The zero-order valence-corrected chi connectivity index (χ0v) is 13.4. The number of nitrogens with zero attached hydrogens (tertiary/aromatic N) is 5. The monoisotopic (exact) mass is 314 g/mol. The molecule has 0 unspecified atom stereocenters. The molecule has 2 atom stereocenters. The van der Waals surface area contributed by atoms with Crippen molar-refractivity contribution in [1.82, 2.24) is 25.7 Å². The predicted molar refractivity (Wildman–Crippen MR) is 85.1 cm³/mol. The third-order valence-electron chi connectivity index (χ3n) is 4.56. The Morgan fingerprint density at radius 3 is 3.04 bits per heavy atom. The highest BCUT2D eigenvalue weighted by molar-refractivity contribution is 5.37. The van der Waals surface area contributed by atoms with Gasteiger partial charge < -0.3 is 14.7 Å². The molecule has 0 amide bonds. The van der Waals surface area contributed by atoms with Gasteiger partial charge in [0.15, 0.2) is 11.6 Å². The molecular formula is C16H22N6O. The second kappa shape index (κ2) is 6.23. The minimum Gasteiger partial charge on any atom is -0.354 e. The van der Waals surface area contributed by atoms with Crippen LogP contribution in [-0.2, 0) is 0 Å². The van der Waals surface area contributed by atoms with Gasteiger partial charge in [0.05, 0.1) is 6.04 Å². The molecule has 7 nitrogen and oxygen atoms in total. The molecule has 2 aliphatic rings. The number of nitrogens with one attached hydrogen (secondary N) is 1. The smallest absolute Gasteiger partial charge is 0.243 e. The van der Waals surface area contributed by atoms with Crippen LogP contribution in [0.25, 0.3) is 0 Å². The molecule has 2 fully saturated rings. The maximum Gasteiger partial charge on any atom is 0.243 e. The quantitative estimate of drug-likeness (QED) is 0.904. The molecule has 1 N–H and O–H groups in total. The van der Waals surface area contributed by atoms with E-state index in [0.717, 1.165) is 37.6 Å². The van der Waals surface area contributed by atoms with Crippen molar-refractivity contribution in [2.24, 2.45) is 0 Å². The SMILES string of the molecule is C[C@@H](N[C@H]1CCCN(c2cccnn2)C1)c1nc(C2CC2)no1. The maximum absolute atomic E-state index is 5.42. The standard InChI is InChI=1S/C16H22N6O/c1-11(16-19-15(21-23-16)12-6-7-12)18-13-4-3-9-22(10-13)14-5-2-8-17-20-14/h2,5,8,11-13,18H,3-4,6-7,9-10H2,1H3/t11-,13+/m1/s1. The van der Waals surface area contributed by atoms with Crippen LogP contribution in [0.4, 0.5) is 5.82 Å². The normalized spacial score (nSPS) is 23.0. The Balaban J connectivity index is 1.37. The summed E-state index contributed by atoms with van der Waals surface area (Å²) in [5, 5.41) is 15.9. The summed E-state index contributed by atoms with van der Waals surface area (Å²) in [4.78, 5) is 6.82. The number of hydrogen-bond acceptors (Lipinski definition) is 7. The molecule has 1 saturated heterocycles. The molecule has 23 heavy (non-hydrogen) atoms. The number of aromatic nitrogens is 4. The lowest BCUT2D eigenvalue weighted by molar-refractivity contribution is 0.307. The van der Waals surface area contributed by atoms with Crippen molar-refractivity contribution < 1.29 is 4.52 Å². The third-order valence-corrected chi connectivity index (χ3v) is 4.56. The highest BCUT2D eigenvalue weighted by atomic mass is 16.5. The van der Waals surface area contributed by atoms with E-state index in [1.165, 1.54) is 12.8 Å². The first-order valence-electron chi connectivity index (χ1n) is 8.42.